The summed E-state index contributed by atoms with van der Waals surface area (Å²) >= 11 is 0. The van der Waals surface area contributed by atoms with E-state index in [2.05, 4.69) is 54.4 Å². The van der Waals surface area contributed by atoms with Crippen molar-refractivity contribution in [3.05, 3.63) is 59.9 Å². The molecule has 0 fully saturated rings. The molecule has 0 atom stereocenters. The lowest BCUT2D eigenvalue weighted by molar-refractivity contribution is 0.304. The minimum absolute atomic E-state index is 0.822. The summed E-state index contributed by atoms with van der Waals surface area (Å²) in [6.45, 7) is 3.11. The number of unbranched alkanes of at least 4 members (excludes halogenated alkanes) is 13. The molecule has 1 aromatic heterocycles. The molecule has 0 saturated carbocycles. The molecule has 0 bridgehead atoms. The van der Waals surface area contributed by atoms with E-state index in [1.54, 1.807) is 6.20 Å². The van der Waals surface area contributed by atoms with Crippen LogP contribution in [0.2, 0.25) is 0 Å². The SMILES string of the molecule is CCCCCCCCCCCCCCCCOc1ccc(/C=C/c2cccnc2)cc1. The highest BCUT2D eigenvalue weighted by Gasteiger charge is 1.96. The summed E-state index contributed by atoms with van der Waals surface area (Å²) in [6.07, 6.45) is 27.3. The molecule has 0 aliphatic rings. The first-order chi connectivity index (χ1) is 15.4. The Labute approximate surface area is 191 Å². The Balaban J connectivity index is 1.41. The van der Waals surface area contributed by atoms with Crippen molar-refractivity contribution in [2.75, 3.05) is 6.61 Å². The van der Waals surface area contributed by atoms with Crippen LogP contribution in [-0.2, 0) is 0 Å². The highest BCUT2D eigenvalue weighted by molar-refractivity contribution is 5.69. The number of hydrogen-bond donors (Lipinski definition) is 0. The van der Waals surface area contributed by atoms with Crippen LogP contribution in [-0.4, -0.2) is 11.6 Å². The predicted octanol–water partition coefficient (Wildman–Crippen LogP) is 9.11. The van der Waals surface area contributed by atoms with Crippen molar-refractivity contribution in [1.82, 2.24) is 4.98 Å². The second-order valence-corrected chi connectivity index (χ2v) is 8.63. The first-order valence-corrected chi connectivity index (χ1v) is 12.7. The van der Waals surface area contributed by atoms with Crippen molar-refractivity contribution >= 4 is 12.2 Å². The van der Waals surface area contributed by atoms with Gasteiger partial charge in [0.25, 0.3) is 0 Å². The number of benzene rings is 1. The molecule has 0 amide bonds. The lowest BCUT2D eigenvalue weighted by Gasteiger charge is -2.07. The summed E-state index contributed by atoms with van der Waals surface area (Å²) in [4.78, 5) is 4.13. The van der Waals surface area contributed by atoms with Gasteiger partial charge in [0.1, 0.15) is 5.75 Å². The minimum Gasteiger partial charge on any atom is -0.494 e. The van der Waals surface area contributed by atoms with Gasteiger partial charge in [0.2, 0.25) is 0 Å². The summed E-state index contributed by atoms with van der Waals surface area (Å²) in [7, 11) is 0. The number of hydrogen-bond acceptors (Lipinski definition) is 2. The molecule has 1 heterocycles. The highest BCUT2D eigenvalue weighted by atomic mass is 16.5. The normalized spacial score (nSPS) is 11.3. The Bertz CT molecular complexity index is 678. The van der Waals surface area contributed by atoms with E-state index in [0.717, 1.165) is 24.3 Å². The fourth-order valence-electron chi connectivity index (χ4n) is 3.83. The van der Waals surface area contributed by atoms with Crippen LogP contribution in [0.15, 0.2) is 48.8 Å². The Kier molecular flexibility index (Phi) is 14.3. The van der Waals surface area contributed by atoms with Crippen LogP contribution in [0.3, 0.4) is 0 Å². The fraction of sp³-hybridized carbons (Fsp3) is 0.552. The number of nitrogens with zero attached hydrogens (tertiary/aromatic N) is 1. The average Bonchev–Trinajstić information content (AvgIpc) is 2.81. The van der Waals surface area contributed by atoms with Gasteiger partial charge >= 0.3 is 0 Å². The molecule has 31 heavy (non-hydrogen) atoms. The Morgan fingerprint density at radius 3 is 1.74 bits per heavy atom. The molecule has 1 aromatic carbocycles. The van der Waals surface area contributed by atoms with Gasteiger partial charge in [-0.25, -0.2) is 0 Å². The van der Waals surface area contributed by atoms with Crippen molar-refractivity contribution < 1.29 is 4.74 Å². The van der Waals surface area contributed by atoms with E-state index in [4.69, 9.17) is 4.74 Å². The molecule has 0 aliphatic heterocycles. The van der Waals surface area contributed by atoms with Gasteiger partial charge in [0, 0.05) is 12.4 Å². The van der Waals surface area contributed by atoms with E-state index in [9.17, 15) is 0 Å². The summed E-state index contributed by atoms with van der Waals surface area (Å²) in [6, 6.07) is 12.3. The first-order valence-electron chi connectivity index (χ1n) is 12.7. The third-order valence-electron chi connectivity index (χ3n) is 5.80. The molecule has 170 valence electrons. The average molecular weight is 422 g/mol. The third-order valence-corrected chi connectivity index (χ3v) is 5.80. The standard InChI is InChI=1S/C29H43NO/c1-2-3-4-5-6-7-8-9-10-11-12-13-14-15-25-31-29-22-20-27(21-23-29)18-19-28-17-16-24-30-26-28/h16-24,26H,2-15,25H2,1H3/b19-18+. The van der Waals surface area contributed by atoms with E-state index in [1.807, 2.05) is 12.3 Å². The largest absolute Gasteiger partial charge is 0.494 e. The Morgan fingerprint density at radius 2 is 1.19 bits per heavy atom. The molecule has 0 spiro atoms. The summed E-state index contributed by atoms with van der Waals surface area (Å²) < 4.78 is 5.90. The number of aromatic nitrogens is 1. The maximum Gasteiger partial charge on any atom is 0.119 e. The van der Waals surface area contributed by atoms with Crippen molar-refractivity contribution in [2.45, 2.75) is 96.8 Å². The smallest absolute Gasteiger partial charge is 0.119 e. The maximum absolute atomic E-state index is 5.90. The number of ether oxygens (including phenoxy) is 1. The van der Waals surface area contributed by atoms with Gasteiger partial charge in [0.15, 0.2) is 0 Å². The molecular formula is C29H43NO. The van der Waals surface area contributed by atoms with E-state index in [-0.39, 0.29) is 0 Å². The predicted molar refractivity (Wildman–Crippen MR) is 135 cm³/mol. The Hall–Kier alpha value is -2.09. The molecule has 0 aliphatic carbocycles. The van der Waals surface area contributed by atoms with Gasteiger partial charge in [-0.3, -0.25) is 4.98 Å². The van der Waals surface area contributed by atoms with Gasteiger partial charge in [-0.15, -0.1) is 0 Å². The van der Waals surface area contributed by atoms with Gasteiger partial charge in [0.05, 0.1) is 6.61 Å². The Morgan fingerprint density at radius 1 is 0.645 bits per heavy atom. The van der Waals surface area contributed by atoms with Gasteiger partial charge < -0.3 is 4.74 Å². The summed E-state index contributed by atoms with van der Waals surface area (Å²) in [5.41, 5.74) is 2.29. The van der Waals surface area contributed by atoms with Crippen LogP contribution in [0.5, 0.6) is 5.75 Å². The zero-order chi connectivity index (χ0) is 21.8. The second kappa shape index (κ2) is 17.6. The lowest BCUT2D eigenvalue weighted by Crippen LogP contribution is -1.97. The van der Waals surface area contributed by atoms with Gasteiger partial charge in [-0.1, -0.05) is 121 Å². The molecule has 2 rings (SSSR count). The molecule has 0 N–H and O–H groups in total. The molecule has 0 unspecified atom stereocenters. The molecule has 0 radical (unpaired) electrons. The fourth-order valence-corrected chi connectivity index (χ4v) is 3.83. The zero-order valence-corrected chi connectivity index (χ0v) is 19.7. The topological polar surface area (TPSA) is 22.1 Å². The zero-order valence-electron chi connectivity index (χ0n) is 19.7. The quantitative estimate of drug-likeness (QED) is 0.224. The molecule has 2 heteroatoms. The maximum atomic E-state index is 5.90. The first kappa shape index (κ1) is 25.2. The second-order valence-electron chi connectivity index (χ2n) is 8.63. The lowest BCUT2D eigenvalue weighted by atomic mass is 10.0. The minimum atomic E-state index is 0.822. The van der Waals surface area contributed by atoms with Crippen LogP contribution < -0.4 is 4.74 Å². The highest BCUT2D eigenvalue weighted by Crippen LogP contribution is 2.16. The van der Waals surface area contributed by atoms with Crippen molar-refractivity contribution in [3.8, 4) is 5.75 Å². The van der Waals surface area contributed by atoms with Gasteiger partial charge in [-0.2, -0.15) is 0 Å². The third kappa shape index (κ3) is 13.0. The summed E-state index contributed by atoms with van der Waals surface area (Å²) in [5.74, 6) is 0.966. The molecular weight excluding hydrogens is 378 g/mol. The van der Waals surface area contributed by atoms with E-state index in [1.165, 1.54) is 89.0 Å². The molecule has 2 nitrogen and oxygen atoms in total. The molecule has 0 saturated heterocycles. The van der Waals surface area contributed by atoms with Crippen molar-refractivity contribution in [1.29, 1.82) is 0 Å². The van der Waals surface area contributed by atoms with Crippen LogP contribution in [0.4, 0.5) is 0 Å². The van der Waals surface area contributed by atoms with Crippen LogP contribution in [0.1, 0.15) is 108 Å². The molecule has 2 aromatic rings. The van der Waals surface area contributed by atoms with Crippen LogP contribution in [0, 0.1) is 0 Å². The van der Waals surface area contributed by atoms with E-state index in [0.29, 0.717) is 0 Å². The van der Waals surface area contributed by atoms with Crippen LogP contribution in [0.25, 0.3) is 12.2 Å². The van der Waals surface area contributed by atoms with Crippen molar-refractivity contribution in [3.63, 3.8) is 0 Å². The van der Waals surface area contributed by atoms with Gasteiger partial charge in [-0.05, 0) is 35.7 Å². The monoisotopic (exact) mass is 421 g/mol. The van der Waals surface area contributed by atoms with E-state index < -0.39 is 0 Å². The number of rotatable bonds is 18. The van der Waals surface area contributed by atoms with Crippen molar-refractivity contribution in [2.24, 2.45) is 0 Å². The summed E-state index contributed by atoms with van der Waals surface area (Å²) in [5, 5.41) is 0. The number of pyridine rings is 1. The van der Waals surface area contributed by atoms with E-state index >= 15 is 0 Å². The van der Waals surface area contributed by atoms with Crippen LogP contribution >= 0.6 is 0 Å².